The van der Waals surface area contributed by atoms with Crippen molar-refractivity contribution in [1.29, 1.82) is 0 Å². The Kier molecular flexibility index (Phi) is 6.33. The maximum atomic E-state index is 11.1. The molecule has 27 heavy (non-hydrogen) atoms. The van der Waals surface area contributed by atoms with E-state index >= 15 is 0 Å². The first kappa shape index (κ1) is 21.8. The van der Waals surface area contributed by atoms with Crippen molar-refractivity contribution in [2.45, 2.75) is 72.9 Å². The SMILES string of the molecule is CCN(Cc1cc(C(C)(C)C)cc(-c2ccc(Cl)c(C)c2)c1O)C(C)(C)C. The van der Waals surface area contributed by atoms with Crippen LogP contribution in [-0.4, -0.2) is 22.1 Å². The number of nitrogens with zero attached hydrogens (tertiary/aromatic N) is 1. The van der Waals surface area contributed by atoms with E-state index in [2.05, 4.69) is 71.6 Å². The molecule has 2 aromatic rings. The summed E-state index contributed by atoms with van der Waals surface area (Å²) < 4.78 is 0. The molecule has 0 atom stereocenters. The fraction of sp³-hybridized carbons (Fsp3) is 0.500. The minimum atomic E-state index is -0.00253. The molecule has 0 fully saturated rings. The molecule has 0 aromatic heterocycles. The molecule has 0 heterocycles. The van der Waals surface area contributed by atoms with Gasteiger partial charge >= 0.3 is 0 Å². The molecule has 0 aliphatic heterocycles. The molecule has 0 radical (unpaired) electrons. The van der Waals surface area contributed by atoms with Crippen LogP contribution in [0, 0.1) is 6.92 Å². The standard InChI is InChI=1S/C24H34ClNO/c1-9-26(24(6,7)8)15-18-13-19(23(3,4)5)14-20(22(18)27)17-10-11-21(25)16(2)12-17/h10-14,27H,9,15H2,1-8H3. The Balaban J connectivity index is 2.65. The molecule has 0 bridgehead atoms. The van der Waals surface area contributed by atoms with Crippen molar-refractivity contribution in [2.24, 2.45) is 0 Å². The Labute approximate surface area is 170 Å². The lowest BCUT2D eigenvalue weighted by Crippen LogP contribution is -2.40. The van der Waals surface area contributed by atoms with Gasteiger partial charge in [0, 0.05) is 28.2 Å². The van der Waals surface area contributed by atoms with Crippen molar-refractivity contribution in [3.05, 3.63) is 52.0 Å². The van der Waals surface area contributed by atoms with E-state index in [0.29, 0.717) is 5.75 Å². The van der Waals surface area contributed by atoms with Crippen molar-refractivity contribution in [3.8, 4) is 16.9 Å². The minimum absolute atomic E-state index is 0.00253. The molecule has 0 unspecified atom stereocenters. The largest absolute Gasteiger partial charge is 0.507 e. The van der Waals surface area contributed by atoms with Gasteiger partial charge in [-0.2, -0.15) is 0 Å². The highest BCUT2D eigenvalue weighted by atomic mass is 35.5. The topological polar surface area (TPSA) is 23.5 Å². The van der Waals surface area contributed by atoms with E-state index in [9.17, 15) is 5.11 Å². The summed E-state index contributed by atoms with van der Waals surface area (Å²) in [6, 6.07) is 10.2. The van der Waals surface area contributed by atoms with Crippen molar-refractivity contribution in [1.82, 2.24) is 4.90 Å². The van der Waals surface area contributed by atoms with E-state index < -0.39 is 0 Å². The monoisotopic (exact) mass is 387 g/mol. The molecule has 2 aromatic carbocycles. The fourth-order valence-electron chi connectivity index (χ4n) is 3.31. The summed E-state index contributed by atoms with van der Waals surface area (Å²) in [5, 5.41) is 11.9. The van der Waals surface area contributed by atoms with E-state index in [-0.39, 0.29) is 11.0 Å². The first-order chi connectivity index (χ1) is 12.3. The third-order valence-electron chi connectivity index (χ3n) is 5.22. The first-order valence-corrected chi connectivity index (χ1v) is 10.1. The van der Waals surface area contributed by atoms with Gasteiger partial charge in [-0.15, -0.1) is 0 Å². The normalized spacial score (nSPS) is 12.7. The van der Waals surface area contributed by atoms with Crippen molar-refractivity contribution in [2.75, 3.05) is 6.54 Å². The Morgan fingerprint density at radius 3 is 2.11 bits per heavy atom. The van der Waals surface area contributed by atoms with E-state index in [1.807, 2.05) is 19.1 Å². The molecule has 2 nitrogen and oxygen atoms in total. The van der Waals surface area contributed by atoms with Gasteiger partial charge in [-0.1, -0.05) is 51.4 Å². The van der Waals surface area contributed by atoms with Crippen LogP contribution in [0.25, 0.3) is 11.1 Å². The summed E-state index contributed by atoms with van der Waals surface area (Å²) in [6.45, 7) is 19.1. The second-order valence-electron chi connectivity index (χ2n) is 9.43. The molecule has 0 aliphatic carbocycles. The molecule has 148 valence electrons. The Morgan fingerprint density at radius 1 is 1.00 bits per heavy atom. The molecule has 0 aliphatic rings. The number of phenols is 1. The molecular formula is C24H34ClNO. The van der Waals surface area contributed by atoms with Crippen LogP contribution in [-0.2, 0) is 12.0 Å². The number of halogens is 1. The van der Waals surface area contributed by atoms with Crippen LogP contribution in [0.1, 0.15) is 65.2 Å². The van der Waals surface area contributed by atoms with Crippen LogP contribution < -0.4 is 0 Å². The number of phenolic OH excluding ortho intramolecular Hbond substituents is 1. The van der Waals surface area contributed by atoms with E-state index in [4.69, 9.17) is 11.6 Å². The van der Waals surface area contributed by atoms with Gasteiger partial charge in [0.25, 0.3) is 0 Å². The van der Waals surface area contributed by atoms with Gasteiger partial charge < -0.3 is 5.11 Å². The summed E-state index contributed by atoms with van der Waals surface area (Å²) in [5.41, 5.74) is 5.13. The van der Waals surface area contributed by atoms with Crippen LogP contribution in [0.15, 0.2) is 30.3 Å². The zero-order valence-electron chi connectivity index (χ0n) is 18.1. The molecule has 3 heteroatoms. The quantitative estimate of drug-likeness (QED) is 0.614. The average Bonchev–Trinajstić information content (AvgIpc) is 2.54. The number of aryl methyl sites for hydroxylation is 1. The molecule has 1 N–H and O–H groups in total. The third-order valence-corrected chi connectivity index (χ3v) is 5.64. The summed E-state index contributed by atoms with van der Waals surface area (Å²) in [4.78, 5) is 2.38. The average molecular weight is 388 g/mol. The van der Waals surface area contributed by atoms with Crippen molar-refractivity contribution in [3.63, 3.8) is 0 Å². The van der Waals surface area contributed by atoms with Crippen molar-refractivity contribution >= 4 is 11.6 Å². The van der Waals surface area contributed by atoms with Crippen LogP contribution in [0.3, 0.4) is 0 Å². The summed E-state index contributed by atoms with van der Waals surface area (Å²) in [7, 11) is 0. The number of rotatable bonds is 4. The van der Waals surface area contributed by atoms with Crippen LogP contribution >= 0.6 is 11.6 Å². The molecule has 0 spiro atoms. The lowest BCUT2D eigenvalue weighted by molar-refractivity contribution is 0.135. The highest BCUT2D eigenvalue weighted by molar-refractivity contribution is 6.31. The number of hydrogen-bond acceptors (Lipinski definition) is 2. The number of benzene rings is 2. The maximum Gasteiger partial charge on any atom is 0.127 e. The van der Waals surface area contributed by atoms with Gasteiger partial charge in [0.15, 0.2) is 0 Å². The smallest absolute Gasteiger partial charge is 0.127 e. The van der Waals surface area contributed by atoms with Crippen LogP contribution in [0.2, 0.25) is 5.02 Å². The van der Waals surface area contributed by atoms with Gasteiger partial charge in [0.2, 0.25) is 0 Å². The lowest BCUT2D eigenvalue weighted by Gasteiger charge is -2.35. The van der Waals surface area contributed by atoms with Crippen molar-refractivity contribution < 1.29 is 5.11 Å². The van der Waals surface area contributed by atoms with E-state index in [1.54, 1.807) is 0 Å². The molecule has 0 saturated heterocycles. The fourth-order valence-corrected chi connectivity index (χ4v) is 3.43. The summed E-state index contributed by atoms with van der Waals surface area (Å²) in [6.07, 6.45) is 0. The highest BCUT2D eigenvalue weighted by Crippen LogP contribution is 2.39. The minimum Gasteiger partial charge on any atom is -0.507 e. The second-order valence-corrected chi connectivity index (χ2v) is 9.84. The molecule has 0 amide bonds. The van der Waals surface area contributed by atoms with E-state index in [1.165, 1.54) is 5.56 Å². The predicted octanol–water partition coefficient (Wildman–Crippen LogP) is 6.94. The Morgan fingerprint density at radius 2 is 1.63 bits per heavy atom. The van der Waals surface area contributed by atoms with Gasteiger partial charge in [0.05, 0.1) is 0 Å². The zero-order valence-corrected chi connectivity index (χ0v) is 18.8. The van der Waals surface area contributed by atoms with Gasteiger partial charge in [-0.3, -0.25) is 4.90 Å². The van der Waals surface area contributed by atoms with Gasteiger partial charge in [-0.05, 0) is 74.5 Å². The molecule has 0 saturated carbocycles. The van der Waals surface area contributed by atoms with Gasteiger partial charge in [0.1, 0.15) is 5.75 Å². The molecule has 2 rings (SSSR count). The maximum absolute atomic E-state index is 11.1. The van der Waals surface area contributed by atoms with Gasteiger partial charge in [-0.25, -0.2) is 0 Å². The molecular weight excluding hydrogens is 354 g/mol. The third kappa shape index (κ3) is 5.06. The first-order valence-electron chi connectivity index (χ1n) is 9.72. The van der Waals surface area contributed by atoms with E-state index in [0.717, 1.165) is 40.4 Å². The summed E-state index contributed by atoms with van der Waals surface area (Å²) in [5.74, 6) is 0.368. The number of aromatic hydroxyl groups is 1. The van der Waals surface area contributed by atoms with Crippen LogP contribution in [0.5, 0.6) is 5.75 Å². The zero-order chi connectivity index (χ0) is 20.6. The van der Waals surface area contributed by atoms with Crippen LogP contribution in [0.4, 0.5) is 0 Å². The number of hydrogen-bond donors (Lipinski definition) is 1. The highest BCUT2D eigenvalue weighted by Gasteiger charge is 2.24. The Hall–Kier alpha value is -1.51. The Bertz CT molecular complexity index is 812. The summed E-state index contributed by atoms with van der Waals surface area (Å²) >= 11 is 6.21. The predicted molar refractivity (Wildman–Crippen MR) is 118 cm³/mol. The second kappa shape index (κ2) is 7.85. The lowest BCUT2D eigenvalue weighted by atomic mass is 9.83.